The monoisotopic (exact) mass is 232 g/mol. The highest BCUT2D eigenvalue weighted by atomic mass is 16.5. The van der Waals surface area contributed by atoms with Gasteiger partial charge in [-0.15, -0.1) is 0 Å². The molecule has 0 heterocycles. The van der Waals surface area contributed by atoms with E-state index in [1.54, 1.807) is 0 Å². The second-order valence-electron chi connectivity index (χ2n) is 4.19. The minimum Gasteiger partial charge on any atom is -0.381 e. The first-order valence-corrected chi connectivity index (χ1v) is 6.37. The smallest absolute Gasteiger partial charge is 0.0478 e. The molecule has 0 rings (SSSR count). The molecule has 16 heavy (non-hydrogen) atoms. The van der Waals surface area contributed by atoms with Crippen LogP contribution in [0.2, 0.25) is 0 Å². The summed E-state index contributed by atoms with van der Waals surface area (Å²) in [5.74, 6) is 0.663. The molecule has 0 aromatic rings. The lowest BCUT2D eigenvalue weighted by atomic mass is 10.1. The van der Waals surface area contributed by atoms with E-state index in [0.717, 1.165) is 52.1 Å². The predicted octanol–water partition coefficient (Wildman–Crippen LogP) is 1.13. The van der Waals surface area contributed by atoms with Gasteiger partial charge in [-0.2, -0.15) is 0 Å². The van der Waals surface area contributed by atoms with Crippen molar-refractivity contribution >= 4 is 0 Å². The van der Waals surface area contributed by atoms with Gasteiger partial charge in [0.05, 0.1) is 0 Å². The maximum Gasteiger partial charge on any atom is 0.0478 e. The van der Waals surface area contributed by atoms with Crippen LogP contribution in [-0.2, 0) is 9.47 Å². The second kappa shape index (κ2) is 12.9. The van der Waals surface area contributed by atoms with Crippen LogP contribution in [0.25, 0.3) is 0 Å². The van der Waals surface area contributed by atoms with Crippen LogP contribution in [0.4, 0.5) is 0 Å². The molecule has 0 bridgehead atoms. The average Bonchev–Trinajstić information content (AvgIpc) is 2.28. The lowest BCUT2D eigenvalue weighted by Gasteiger charge is -2.11. The summed E-state index contributed by atoms with van der Waals surface area (Å²) in [6.07, 6.45) is 4.11. The largest absolute Gasteiger partial charge is 0.381 e. The molecule has 0 atom stereocenters. The zero-order chi connectivity index (χ0) is 12.1. The third kappa shape index (κ3) is 11.9. The van der Waals surface area contributed by atoms with E-state index in [-0.39, 0.29) is 0 Å². The molecule has 0 spiro atoms. The predicted molar refractivity (Wildman–Crippen MR) is 67.4 cm³/mol. The van der Waals surface area contributed by atoms with Crippen molar-refractivity contribution in [3.05, 3.63) is 0 Å². The Bertz CT molecular complexity index is 120. The van der Waals surface area contributed by atoms with Crippen molar-refractivity contribution < 1.29 is 9.47 Å². The van der Waals surface area contributed by atoms with Crippen molar-refractivity contribution in [1.29, 1.82) is 0 Å². The SMILES string of the molecule is CC(CCOCCCN)CCOCCCN. The van der Waals surface area contributed by atoms with Crippen LogP contribution in [-0.4, -0.2) is 39.5 Å². The summed E-state index contributed by atoms with van der Waals surface area (Å²) >= 11 is 0. The molecule has 0 aliphatic rings. The van der Waals surface area contributed by atoms with Gasteiger partial charge in [-0.3, -0.25) is 0 Å². The van der Waals surface area contributed by atoms with Gasteiger partial charge in [-0.1, -0.05) is 6.92 Å². The van der Waals surface area contributed by atoms with Crippen LogP contribution in [0, 0.1) is 5.92 Å². The molecule has 0 saturated heterocycles. The first kappa shape index (κ1) is 15.8. The molecule has 0 fully saturated rings. The Labute approximate surface area is 99.7 Å². The standard InChI is InChI=1S/C12H28N2O2/c1-12(4-10-15-8-2-6-13)5-11-16-9-3-7-14/h12H,2-11,13-14H2,1H3. The van der Waals surface area contributed by atoms with E-state index in [1.165, 1.54) is 0 Å². The maximum atomic E-state index is 5.45. The molecule has 0 aromatic carbocycles. The molecule has 0 amide bonds. The Balaban J connectivity index is 3.09. The minimum absolute atomic E-state index is 0.663. The van der Waals surface area contributed by atoms with Gasteiger partial charge < -0.3 is 20.9 Å². The molecule has 98 valence electrons. The average molecular weight is 232 g/mol. The number of hydrogen-bond donors (Lipinski definition) is 2. The van der Waals surface area contributed by atoms with Crippen LogP contribution in [0.3, 0.4) is 0 Å². The second-order valence-corrected chi connectivity index (χ2v) is 4.19. The Hall–Kier alpha value is -0.160. The molecular formula is C12H28N2O2. The quantitative estimate of drug-likeness (QED) is 0.495. The Morgan fingerprint density at radius 2 is 1.25 bits per heavy atom. The molecule has 4 N–H and O–H groups in total. The van der Waals surface area contributed by atoms with Crippen molar-refractivity contribution in [3.63, 3.8) is 0 Å². The number of ether oxygens (including phenoxy) is 2. The first-order chi connectivity index (χ1) is 7.81. The van der Waals surface area contributed by atoms with Gasteiger partial charge >= 0.3 is 0 Å². The highest BCUT2D eigenvalue weighted by molar-refractivity contribution is 4.52. The summed E-state index contributed by atoms with van der Waals surface area (Å²) in [6, 6.07) is 0. The van der Waals surface area contributed by atoms with E-state index in [2.05, 4.69) is 6.92 Å². The normalized spacial score (nSPS) is 11.2. The van der Waals surface area contributed by atoms with E-state index < -0.39 is 0 Å². The number of hydrogen-bond acceptors (Lipinski definition) is 4. The van der Waals surface area contributed by atoms with Crippen LogP contribution >= 0.6 is 0 Å². The van der Waals surface area contributed by atoms with Gasteiger partial charge in [0.15, 0.2) is 0 Å². The molecule has 4 nitrogen and oxygen atoms in total. The van der Waals surface area contributed by atoms with E-state index in [0.29, 0.717) is 19.0 Å². The number of rotatable bonds is 12. The third-order valence-corrected chi connectivity index (χ3v) is 2.50. The molecule has 0 aliphatic heterocycles. The Kier molecular flexibility index (Phi) is 12.8. The van der Waals surface area contributed by atoms with Gasteiger partial charge in [-0.25, -0.2) is 0 Å². The zero-order valence-electron chi connectivity index (χ0n) is 10.6. The third-order valence-electron chi connectivity index (χ3n) is 2.50. The maximum absolute atomic E-state index is 5.45. The topological polar surface area (TPSA) is 70.5 Å². The van der Waals surface area contributed by atoms with E-state index in [9.17, 15) is 0 Å². The zero-order valence-corrected chi connectivity index (χ0v) is 10.6. The summed E-state index contributed by atoms with van der Waals surface area (Å²) in [5.41, 5.74) is 10.7. The highest BCUT2D eigenvalue weighted by Gasteiger charge is 2.01. The lowest BCUT2D eigenvalue weighted by Crippen LogP contribution is -2.10. The summed E-state index contributed by atoms with van der Waals surface area (Å²) < 4.78 is 10.9. The highest BCUT2D eigenvalue weighted by Crippen LogP contribution is 2.07. The minimum atomic E-state index is 0.663. The fourth-order valence-electron chi connectivity index (χ4n) is 1.29. The van der Waals surface area contributed by atoms with Crippen molar-refractivity contribution in [1.82, 2.24) is 0 Å². The van der Waals surface area contributed by atoms with Crippen molar-refractivity contribution in [2.24, 2.45) is 17.4 Å². The molecule has 0 unspecified atom stereocenters. The van der Waals surface area contributed by atoms with Gasteiger partial charge in [0.25, 0.3) is 0 Å². The van der Waals surface area contributed by atoms with Crippen LogP contribution < -0.4 is 11.5 Å². The lowest BCUT2D eigenvalue weighted by molar-refractivity contribution is 0.0987. The van der Waals surface area contributed by atoms with Gasteiger partial charge in [0.2, 0.25) is 0 Å². The summed E-state index contributed by atoms with van der Waals surface area (Å²) in [6.45, 7) is 6.91. The molecule has 0 aromatic heterocycles. The molecule has 0 aliphatic carbocycles. The van der Waals surface area contributed by atoms with Crippen LogP contribution in [0.15, 0.2) is 0 Å². The summed E-state index contributed by atoms with van der Waals surface area (Å²) in [7, 11) is 0. The Morgan fingerprint density at radius 1 is 0.812 bits per heavy atom. The van der Waals surface area contributed by atoms with Gasteiger partial charge in [0, 0.05) is 26.4 Å². The van der Waals surface area contributed by atoms with Crippen LogP contribution in [0.1, 0.15) is 32.6 Å². The Morgan fingerprint density at radius 3 is 1.62 bits per heavy atom. The summed E-state index contributed by atoms with van der Waals surface area (Å²) in [4.78, 5) is 0. The van der Waals surface area contributed by atoms with Crippen molar-refractivity contribution in [2.75, 3.05) is 39.5 Å². The first-order valence-electron chi connectivity index (χ1n) is 6.37. The number of nitrogens with two attached hydrogens (primary N) is 2. The van der Waals surface area contributed by atoms with Crippen molar-refractivity contribution in [2.45, 2.75) is 32.6 Å². The van der Waals surface area contributed by atoms with Gasteiger partial charge in [0.1, 0.15) is 0 Å². The van der Waals surface area contributed by atoms with E-state index in [4.69, 9.17) is 20.9 Å². The van der Waals surface area contributed by atoms with E-state index in [1.807, 2.05) is 0 Å². The van der Waals surface area contributed by atoms with Gasteiger partial charge in [-0.05, 0) is 44.7 Å². The molecular weight excluding hydrogens is 204 g/mol. The molecule has 0 saturated carbocycles. The molecule has 0 radical (unpaired) electrons. The van der Waals surface area contributed by atoms with E-state index >= 15 is 0 Å². The van der Waals surface area contributed by atoms with Crippen LogP contribution in [0.5, 0.6) is 0 Å². The van der Waals surface area contributed by atoms with Crippen molar-refractivity contribution in [3.8, 4) is 0 Å². The summed E-state index contributed by atoms with van der Waals surface area (Å²) in [5, 5.41) is 0. The fourth-order valence-corrected chi connectivity index (χ4v) is 1.29. The fraction of sp³-hybridized carbons (Fsp3) is 1.00. The molecule has 4 heteroatoms.